The molecule has 26 heavy (non-hydrogen) atoms. The average Bonchev–Trinajstić information content (AvgIpc) is 2.66. The third-order valence-corrected chi connectivity index (χ3v) is 4.11. The van der Waals surface area contributed by atoms with Gasteiger partial charge in [-0.15, -0.1) is 0 Å². The summed E-state index contributed by atoms with van der Waals surface area (Å²) in [5.41, 5.74) is 3.12. The van der Waals surface area contributed by atoms with Gasteiger partial charge in [-0.2, -0.15) is 5.26 Å². The maximum atomic E-state index is 12.2. The van der Waals surface area contributed by atoms with E-state index in [1.807, 2.05) is 25.1 Å². The molecule has 0 aliphatic heterocycles. The fraction of sp³-hybridized carbons (Fsp3) is 0.0526. The molecule has 0 saturated carbocycles. The predicted octanol–water partition coefficient (Wildman–Crippen LogP) is 4.31. The van der Waals surface area contributed by atoms with Gasteiger partial charge < -0.3 is 10.6 Å². The standard InChI is InChI=1S/C19H14ClN5O/c1-12-16(20)3-2-4-17(12)25-19-22-10-14(11-23-19)18(26)24-15-7-5-13(9-21)6-8-15/h2-8,10-11H,1H3,(H,24,26)(H,22,23,25). The Kier molecular flexibility index (Phi) is 5.11. The quantitative estimate of drug-likeness (QED) is 0.720. The van der Waals surface area contributed by atoms with Crippen LogP contribution in [0.15, 0.2) is 54.9 Å². The molecule has 1 amide bonds. The van der Waals surface area contributed by atoms with Crippen molar-refractivity contribution in [2.24, 2.45) is 0 Å². The molecule has 2 N–H and O–H groups in total. The zero-order valence-electron chi connectivity index (χ0n) is 13.8. The van der Waals surface area contributed by atoms with Gasteiger partial charge in [0.15, 0.2) is 0 Å². The summed E-state index contributed by atoms with van der Waals surface area (Å²) in [5.74, 6) is 0.0329. The van der Waals surface area contributed by atoms with Gasteiger partial charge in [0.1, 0.15) is 0 Å². The second kappa shape index (κ2) is 7.64. The van der Waals surface area contributed by atoms with Gasteiger partial charge in [-0.25, -0.2) is 9.97 Å². The zero-order chi connectivity index (χ0) is 18.5. The van der Waals surface area contributed by atoms with Crippen LogP contribution in [0.1, 0.15) is 21.5 Å². The van der Waals surface area contributed by atoms with Crippen molar-refractivity contribution in [2.75, 3.05) is 10.6 Å². The van der Waals surface area contributed by atoms with Crippen LogP contribution in [0.3, 0.4) is 0 Å². The molecule has 0 aliphatic rings. The molecule has 0 aliphatic carbocycles. The van der Waals surface area contributed by atoms with E-state index in [1.54, 1.807) is 30.3 Å². The largest absolute Gasteiger partial charge is 0.324 e. The first kappa shape index (κ1) is 17.4. The Labute approximate surface area is 155 Å². The van der Waals surface area contributed by atoms with E-state index >= 15 is 0 Å². The van der Waals surface area contributed by atoms with Crippen LogP contribution in [-0.2, 0) is 0 Å². The van der Waals surface area contributed by atoms with Crippen molar-refractivity contribution in [1.29, 1.82) is 5.26 Å². The molecule has 0 atom stereocenters. The minimum atomic E-state index is -0.333. The fourth-order valence-corrected chi connectivity index (χ4v) is 2.38. The minimum Gasteiger partial charge on any atom is -0.324 e. The van der Waals surface area contributed by atoms with E-state index in [0.717, 1.165) is 11.3 Å². The van der Waals surface area contributed by atoms with Crippen LogP contribution in [-0.4, -0.2) is 15.9 Å². The van der Waals surface area contributed by atoms with Crippen molar-refractivity contribution in [1.82, 2.24) is 9.97 Å². The number of hydrogen-bond acceptors (Lipinski definition) is 5. The molecule has 2 aromatic carbocycles. The third kappa shape index (κ3) is 3.97. The van der Waals surface area contributed by atoms with Crippen molar-refractivity contribution in [2.45, 2.75) is 6.92 Å². The van der Waals surface area contributed by atoms with Crippen LogP contribution in [0.4, 0.5) is 17.3 Å². The summed E-state index contributed by atoms with van der Waals surface area (Å²) >= 11 is 6.09. The number of anilines is 3. The summed E-state index contributed by atoms with van der Waals surface area (Å²) in [6.07, 6.45) is 2.88. The van der Waals surface area contributed by atoms with E-state index in [9.17, 15) is 4.79 Å². The Bertz CT molecular complexity index is 978. The molecule has 0 spiro atoms. The van der Waals surface area contributed by atoms with Gasteiger partial charge in [-0.05, 0) is 48.9 Å². The van der Waals surface area contributed by atoms with Crippen molar-refractivity contribution in [3.63, 3.8) is 0 Å². The molecule has 7 heteroatoms. The van der Waals surface area contributed by atoms with Crippen LogP contribution in [0.5, 0.6) is 0 Å². The van der Waals surface area contributed by atoms with Crippen molar-refractivity contribution in [3.8, 4) is 6.07 Å². The molecular weight excluding hydrogens is 350 g/mol. The van der Waals surface area contributed by atoms with E-state index in [2.05, 4.69) is 20.6 Å². The Morgan fingerprint density at radius 1 is 1.12 bits per heavy atom. The first-order valence-corrected chi connectivity index (χ1v) is 8.10. The molecule has 0 saturated heterocycles. The van der Waals surface area contributed by atoms with Crippen LogP contribution >= 0.6 is 11.6 Å². The van der Waals surface area contributed by atoms with Gasteiger partial charge in [0, 0.05) is 28.8 Å². The topological polar surface area (TPSA) is 90.7 Å². The molecular formula is C19H14ClN5O. The fourth-order valence-electron chi connectivity index (χ4n) is 2.20. The molecule has 0 radical (unpaired) electrons. The average molecular weight is 364 g/mol. The number of rotatable bonds is 4. The molecule has 6 nitrogen and oxygen atoms in total. The highest BCUT2D eigenvalue weighted by Gasteiger charge is 2.09. The summed E-state index contributed by atoms with van der Waals surface area (Å²) in [5, 5.41) is 15.2. The van der Waals surface area contributed by atoms with Crippen molar-refractivity contribution >= 4 is 34.8 Å². The monoisotopic (exact) mass is 363 g/mol. The Morgan fingerprint density at radius 3 is 2.46 bits per heavy atom. The van der Waals surface area contributed by atoms with Crippen LogP contribution < -0.4 is 10.6 Å². The highest BCUT2D eigenvalue weighted by atomic mass is 35.5. The van der Waals surface area contributed by atoms with Crippen LogP contribution in [0, 0.1) is 18.3 Å². The number of aromatic nitrogens is 2. The summed E-state index contributed by atoms with van der Waals surface area (Å²) in [6.45, 7) is 1.89. The molecule has 0 unspecified atom stereocenters. The minimum absolute atomic E-state index is 0.322. The van der Waals surface area contributed by atoms with Gasteiger partial charge in [0.25, 0.3) is 5.91 Å². The second-order valence-corrected chi connectivity index (χ2v) is 5.88. The maximum Gasteiger partial charge on any atom is 0.258 e. The number of amides is 1. The molecule has 1 aromatic heterocycles. The van der Waals surface area contributed by atoms with Crippen molar-refractivity contribution < 1.29 is 4.79 Å². The second-order valence-electron chi connectivity index (χ2n) is 5.48. The summed E-state index contributed by atoms with van der Waals surface area (Å²) in [6, 6.07) is 14.1. The maximum absolute atomic E-state index is 12.2. The number of hydrogen-bond donors (Lipinski definition) is 2. The molecule has 0 fully saturated rings. The van der Waals surface area contributed by atoms with E-state index in [0.29, 0.717) is 27.8 Å². The van der Waals surface area contributed by atoms with E-state index < -0.39 is 0 Å². The van der Waals surface area contributed by atoms with Gasteiger partial charge in [-0.1, -0.05) is 17.7 Å². The van der Waals surface area contributed by atoms with Gasteiger partial charge in [-0.3, -0.25) is 4.79 Å². The first-order valence-electron chi connectivity index (χ1n) is 7.72. The lowest BCUT2D eigenvalue weighted by Crippen LogP contribution is -2.13. The predicted molar refractivity (Wildman–Crippen MR) is 101 cm³/mol. The molecule has 128 valence electrons. The lowest BCUT2D eigenvalue weighted by Gasteiger charge is -2.09. The normalized spacial score (nSPS) is 10.0. The number of nitrogens with one attached hydrogen (secondary N) is 2. The van der Waals surface area contributed by atoms with Gasteiger partial charge >= 0.3 is 0 Å². The first-order chi connectivity index (χ1) is 12.6. The van der Waals surface area contributed by atoms with Gasteiger partial charge in [0.2, 0.25) is 5.95 Å². The Hall–Kier alpha value is -3.43. The highest BCUT2D eigenvalue weighted by Crippen LogP contribution is 2.24. The highest BCUT2D eigenvalue weighted by molar-refractivity contribution is 6.31. The Balaban J connectivity index is 1.69. The lowest BCUT2D eigenvalue weighted by atomic mass is 10.2. The molecule has 0 bridgehead atoms. The van der Waals surface area contributed by atoms with E-state index in [4.69, 9.17) is 16.9 Å². The number of nitrogens with zero attached hydrogens (tertiary/aromatic N) is 3. The molecule has 3 aromatic rings. The van der Waals surface area contributed by atoms with E-state index in [1.165, 1.54) is 12.4 Å². The summed E-state index contributed by atoms with van der Waals surface area (Å²) in [4.78, 5) is 20.6. The molecule has 1 heterocycles. The third-order valence-electron chi connectivity index (χ3n) is 3.70. The van der Waals surface area contributed by atoms with Crippen LogP contribution in [0.25, 0.3) is 0 Å². The molecule has 3 rings (SSSR count). The number of benzene rings is 2. The van der Waals surface area contributed by atoms with Crippen molar-refractivity contribution in [3.05, 3.63) is 76.6 Å². The smallest absolute Gasteiger partial charge is 0.258 e. The summed E-state index contributed by atoms with van der Waals surface area (Å²) in [7, 11) is 0. The zero-order valence-corrected chi connectivity index (χ0v) is 14.6. The number of carbonyl (C=O) groups is 1. The number of nitriles is 1. The Morgan fingerprint density at radius 2 is 1.81 bits per heavy atom. The number of carbonyl (C=O) groups excluding carboxylic acids is 1. The van der Waals surface area contributed by atoms with E-state index in [-0.39, 0.29) is 5.91 Å². The lowest BCUT2D eigenvalue weighted by molar-refractivity contribution is 0.102. The SMILES string of the molecule is Cc1c(Cl)cccc1Nc1ncc(C(=O)Nc2ccc(C#N)cc2)cn1. The number of halogens is 1. The van der Waals surface area contributed by atoms with Gasteiger partial charge in [0.05, 0.1) is 17.2 Å². The summed E-state index contributed by atoms with van der Waals surface area (Å²) < 4.78 is 0. The van der Waals surface area contributed by atoms with Crippen LogP contribution in [0.2, 0.25) is 5.02 Å².